The number of alkyl halides is 1. The molecule has 0 saturated heterocycles. The second-order valence-electron chi connectivity index (χ2n) is 2.90. The van der Waals surface area contributed by atoms with E-state index < -0.39 is 12.0 Å². The normalized spacial score (nSPS) is 12.6. The zero-order valence-corrected chi connectivity index (χ0v) is 8.31. The van der Waals surface area contributed by atoms with Gasteiger partial charge in [-0.3, -0.25) is 0 Å². The monoisotopic (exact) mass is 221 g/mol. The Kier molecular flexibility index (Phi) is 3.52. The van der Waals surface area contributed by atoms with Crippen LogP contribution >= 0.6 is 11.6 Å². The van der Waals surface area contributed by atoms with E-state index in [1.165, 1.54) is 13.0 Å². The van der Waals surface area contributed by atoms with E-state index in [-0.39, 0.29) is 23.1 Å². The van der Waals surface area contributed by atoms with Gasteiger partial charge in [0.15, 0.2) is 0 Å². The minimum Gasteiger partial charge on any atom is -0.489 e. The molecule has 0 aliphatic heterocycles. The molecule has 0 aromatic heterocycles. The molecule has 0 saturated carbocycles. The first kappa shape index (κ1) is 11.0. The van der Waals surface area contributed by atoms with E-state index in [0.29, 0.717) is 0 Å². The molecule has 5 heteroatoms. The average molecular weight is 222 g/mol. The van der Waals surface area contributed by atoms with Crippen LogP contribution in [0.5, 0.6) is 5.75 Å². The first-order valence-corrected chi connectivity index (χ1v) is 4.40. The lowest BCUT2D eigenvalue weighted by atomic mass is 10.3. The molecule has 2 nitrogen and oxygen atoms in total. The molecule has 0 heterocycles. The molecule has 0 fully saturated rings. The SMILES string of the molecule is CC(F)COc1cc(N)c(F)cc1Cl. The maximum absolute atomic E-state index is 12.8. The Balaban J connectivity index is 2.82. The van der Waals surface area contributed by atoms with Gasteiger partial charge in [0.25, 0.3) is 0 Å². The van der Waals surface area contributed by atoms with E-state index in [9.17, 15) is 8.78 Å². The van der Waals surface area contributed by atoms with Crippen molar-refractivity contribution < 1.29 is 13.5 Å². The predicted octanol–water partition coefficient (Wildman–Crippen LogP) is 2.80. The van der Waals surface area contributed by atoms with E-state index in [1.54, 1.807) is 0 Å². The van der Waals surface area contributed by atoms with Crippen molar-refractivity contribution in [1.82, 2.24) is 0 Å². The van der Waals surface area contributed by atoms with Crippen LogP contribution in [-0.4, -0.2) is 12.8 Å². The molecule has 0 aliphatic carbocycles. The molecular weight excluding hydrogens is 212 g/mol. The van der Waals surface area contributed by atoms with E-state index in [0.717, 1.165) is 6.07 Å². The summed E-state index contributed by atoms with van der Waals surface area (Å²) in [5.74, 6) is -0.425. The zero-order chi connectivity index (χ0) is 10.7. The van der Waals surface area contributed by atoms with Crippen molar-refractivity contribution in [3.63, 3.8) is 0 Å². The molecule has 1 aromatic rings. The summed E-state index contributed by atoms with van der Waals surface area (Å²) in [6.07, 6.45) is -1.11. The molecular formula is C9H10ClF2NO. The van der Waals surface area contributed by atoms with Crippen molar-refractivity contribution in [1.29, 1.82) is 0 Å². The van der Waals surface area contributed by atoms with Crippen LogP contribution < -0.4 is 10.5 Å². The smallest absolute Gasteiger partial charge is 0.147 e. The minimum absolute atomic E-state index is 0.0732. The number of ether oxygens (including phenoxy) is 1. The Labute approximate surface area is 85.6 Å². The summed E-state index contributed by atoms with van der Waals surface area (Å²) in [4.78, 5) is 0. The molecule has 1 rings (SSSR count). The summed E-state index contributed by atoms with van der Waals surface area (Å²) in [5.41, 5.74) is 5.22. The largest absolute Gasteiger partial charge is 0.489 e. The predicted molar refractivity (Wildman–Crippen MR) is 51.9 cm³/mol. The van der Waals surface area contributed by atoms with Gasteiger partial charge in [0, 0.05) is 6.07 Å². The number of benzene rings is 1. The number of hydrogen-bond donors (Lipinski definition) is 1. The van der Waals surface area contributed by atoms with Gasteiger partial charge in [0.2, 0.25) is 0 Å². The summed E-state index contributed by atoms with van der Waals surface area (Å²) in [7, 11) is 0. The number of anilines is 1. The molecule has 1 atom stereocenters. The fraction of sp³-hybridized carbons (Fsp3) is 0.333. The molecule has 0 bridgehead atoms. The van der Waals surface area contributed by atoms with Crippen LogP contribution in [0.2, 0.25) is 5.02 Å². The molecule has 2 N–H and O–H groups in total. The van der Waals surface area contributed by atoms with Crippen LogP contribution in [0.25, 0.3) is 0 Å². The van der Waals surface area contributed by atoms with Gasteiger partial charge >= 0.3 is 0 Å². The van der Waals surface area contributed by atoms with E-state index in [2.05, 4.69) is 0 Å². The van der Waals surface area contributed by atoms with Gasteiger partial charge in [-0.1, -0.05) is 11.6 Å². The van der Waals surface area contributed by atoms with Crippen molar-refractivity contribution in [3.8, 4) is 5.75 Å². The second kappa shape index (κ2) is 4.46. The number of hydrogen-bond acceptors (Lipinski definition) is 2. The molecule has 78 valence electrons. The Bertz CT molecular complexity index is 331. The molecule has 1 aromatic carbocycles. The highest BCUT2D eigenvalue weighted by Crippen LogP contribution is 2.29. The van der Waals surface area contributed by atoms with Crippen molar-refractivity contribution in [2.45, 2.75) is 13.1 Å². The second-order valence-corrected chi connectivity index (χ2v) is 3.30. The van der Waals surface area contributed by atoms with Crippen LogP contribution in [0.4, 0.5) is 14.5 Å². The van der Waals surface area contributed by atoms with Crippen molar-refractivity contribution in [2.24, 2.45) is 0 Å². The summed E-state index contributed by atoms with van der Waals surface area (Å²) >= 11 is 5.64. The highest BCUT2D eigenvalue weighted by Gasteiger charge is 2.08. The van der Waals surface area contributed by atoms with Crippen LogP contribution in [0.3, 0.4) is 0 Å². The Morgan fingerprint density at radius 1 is 1.57 bits per heavy atom. The number of halogens is 3. The molecule has 0 aliphatic rings. The molecule has 0 spiro atoms. The van der Waals surface area contributed by atoms with E-state index in [4.69, 9.17) is 22.1 Å². The molecule has 14 heavy (non-hydrogen) atoms. The van der Waals surface area contributed by atoms with Gasteiger partial charge in [-0.2, -0.15) is 0 Å². The van der Waals surface area contributed by atoms with Gasteiger partial charge in [-0.15, -0.1) is 0 Å². The minimum atomic E-state index is -1.11. The van der Waals surface area contributed by atoms with Crippen molar-refractivity contribution in [2.75, 3.05) is 12.3 Å². The van der Waals surface area contributed by atoms with Crippen LogP contribution in [0.15, 0.2) is 12.1 Å². The van der Waals surface area contributed by atoms with Gasteiger partial charge in [0.05, 0.1) is 10.7 Å². The molecule has 0 radical (unpaired) electrons. The third-order valence-corrected chi connectivity index (χ3v) is 1.82. The Morgan fingerprint density at radius 2 is 2.21 bits per heavy atom. The quantitative estimate of drug-likeness (QED) is 0.797. The fourth-order valence-corrected chi connectivity index (χ4v) is 1.06. The highest BCUT2D eigenvalue weighted by atomic mass is 35.5. The average Bonchev–Trinajstić information content (AvgIpc) is 2.09. The van der Waals surface area contributed by atoms with Crippen molar-refractivity contribution in [3.05, 3.63) is 23.0 Å². The lowest BCUT2D eigenvalue weighted by Gasteiger charge is -2.09. The lowest BCUT2D eigenvalue weighted by Crippen LogP contribution is -2.09. The summed E-state index contributed by atoms with van der Waals surface area (Å²) < 4.78 is 30.2. The number of nitrogens with two attached hydrogens (primary N) is 1. The Hall–Kier alpha value is -1.03. The van der Waals surface area contributed by atoms with Gasteiger partial charge in [-0.25, -0.2) is 8.78 Å². The van der Waals surface area contributed by atoms with Crippen LogP contribution in [-0.2, 0) is 0 Å². The maximum Gasteiger partial charge on any atom is 0.147 e. The zero-order valence-electron chi connectivity index (χ0n) is 7.56. The first-order chi connectivity index (χ1) is 6.50. The number of nitrogen functional groups attached to an aromatic ring is 1. The first-order valence-electron chi connectivity index (χ1n) is 4.02. The van der Waals surface area contributed by atoms with E-state index in [1.807, 2.05) is 0 Å². The summed E-state index contributed by atoms with van der Waals surface area (Å²) in [6.45, 7) is 1.21. The number of rotatable bonds is 3. The summed E-state index contributed by atoms with van der Waals surface area (Å²) in [6, 6.07) is 2.27. The third-order valence-electron chi connectivity index (χ3n) is 1.52. The Morgan fingerprint density at radius 3 is 2.79 bits per heavy atom. The van der Waals surface area contributed by atoms with Crippen LogP contribution in [0.1, 0.15) is 6.92 Å². The molecule has 0 amide bonds. The standard InChI is InChI=1S/C9H10ClF2NO/c1-5(11)4-14-9-3-8(13)7(12)2-6(9)10/h2-3,5H,4,13H2,1H3. The van der Waals surface area contributed by atoms with Gasteiger partial charge < -0.3 is 10.5 Å². The lowest BCUT2D eigenvalue weighted by molar-refractivity contribution is 0.210. The maximum atomic E-state index is 12.8. The third kappa shape index (κ3) is 2.73. The van der Waals surface area contributed by atoms with Gasteiger partial charge in [-0.05, 0) is 13.0 Å². The summed E-state index contributed by atoms with van der Waals surface area (Å²) in [5, 5.41) is 0.0809. The van der Waals surface area contributed by atoms with E-state index >= 15 is 0 Å². The topological polar surface area (TPSA) is 35.2 Å². The molecule has 1 unspecified atom stereocenters. The fourth-order valence-electron chi connectivity index (χ4n) is 0.860. The van der Waals surface area contributed by atoms with Gasteiger partial charge in [0.1, 0.15) is 24.3 Å². The van der Waals surface area contributed by atoms with Crippen molar-refractivity contribution >= 4 is 17.3 Å². The highest BCUT2D eigenvalue weighted by molar-refractivity contribution is 6.32. The van der Waals surface area contributed by atoms with Crippen LogP contribution in [0, 0.1) is 5.82 Å².